The van der Waals surface area contributed by atoms with E-state index in [0.29, 0.717) is 29.8 Å². The third kappa shape index (κ3) is 4.84. The van der Waals surface area contributed by atoms with Crippen molar-refractivity contribution in [3.05, 3.63) is 82.0 Å². The van der Waals surface area contributed by atoms with Crippen LogP contribution in [0.3, 0.4) is 0 Å². The van der Waals surface area contributed by atoms with Gasteiger partial charge in [0.2, 0.25) is 0 Å². The third-order valence-electron chi connectivity index (χ3n) is 5.72. The Morgan fingerprint density at radius 3 is 2.67 bits per heavy atom. The van der Waals surface area contributed by atoms with Gasteiger partial charge in [0.05, 0.1) is 17.5 Å². The van der Waals surface area contributed by atoms with Gasteiger partial charge >= 0.3 is 0 Å². The molecule has 2 N–H and O–H groups in total. The van der Waals surface area contributed by atoms with Crippen LogP contribution in [0.25, 0.3) is 16.7 Å². The van der Waals surface area contributed by atoms with Crippen LogP contribution < -0.4 is 16.4 Å². The molecule has 0 saturated carbocycles. The molecule has 0 aliphatic carbocycles. The van der Waals surface area contributed by atoms with E-state index in [0.717, 1.165) is 24.8 Å². The van der Waals surface area contributed by atoms with Crippen LogP contribution in [0.2, 0.25) is 0 Å². The van der Waals surface area contributed by atoms with Crippen LogP contribution in [0.15, 0.2) is 59.8 Å². The molecule has 0 unspecified atom stereocenters. The summed E-state index contributed by atoms with van der Waals surface area (Å²) >= 11 is 0. The molecule has 0 aliphatic rings. The summed E-state index contributed by atoms with van der Waals surface area (Å²) in [5, 5.41) is 12.0. The van der Waals surface area contributed by atoms with Gasteiger partial charge in [-0.15, -0.1) is 0 Å². The normalized spacial score (nSPS) is 11.2. The Balaban J connectivity index is 1.77. The maximum atomic E-state index is 13.2. The van der Waals surface area contributed by atoms with Gasteiger partial charge in [-0.3, -0.25) is 24.4 Å². The van der Waals surface area contributed by atoms with Crippen LogP contribution in [-0.2, 0) is 6.54 Å². The van der Waals surface area contributed by atoms with Gasteiger partial charge < -0.3 is 9.88 Å². The first-order chi connectivity index (χ1) is 16.1. The van der Waals surface area contributed by atoms with Crippen molar-refractivity contribution in [1.29, 1.82) is 5.41 Å². The Kier molecular flexibility index (Phi) is 6.92. The number of nitrogens with one attached hydrogen (secondary N) is 2. The molecule has 33 heavy (non-hydrogen) atoms. The van der Waals surface area contributed by atoms with Crippen molar-refractivity contribution >= 4 is 22.6 Å². The minimum atomic E-state index is -0.349. The van der Waals surface area contributed by atoms with Crippen LogP contribution in [0.5, 0.6) is 0 Å². The highest BCUT2D eigenvalue weighted by atomic mass is 16.1. The number of rotatable bonds is 9. The SMILES string of the molecule is CCCCCCCNC(=O)c1cc2c(=O)n3ccccc3nc2n(Cc2ccncc2)c1=N. The fourth-order valence-corrected chi connectivity index (χ4v) is 3.91. The molecule has 8 heteroatoms. The standard InChI is InChI=1S/C25H28N6O2/c1-2-3-4-5-7-12-28-24(32)19-16-20-23(29-21-9-6-8-15-30(21)25(20)33)31(22(19)26)17-18-10-13-27-14-11-18/h6,8-11,13-16,26H,2-5,7,12,17H2,1H3,(H,28,32). The van der Waals surface area contributed by atoms with Crippen molar-refractivity contribution in [2.75, 3.05) is 6.54 Å². The molecule has 0 spiro atoms. The maximum absolute atomic E-state index is 13.2. The minimum Gasteiger partial charge on any atom is -0.352 e. The number of aromatic nitrogens is 4. The summed E-state index contributed by atoms with van der Waals surface area (Å²) in [4.78, 5) is 34.9. The fourth-order valence-electron chi connectivity index (χ4n) is 3.91. The topological polar surface area (TPSA) is 105 Å². The molecule has 4 heterocycles. The molecule has 0 aliphatic heterocycles. The lowest BCUT2D eigenvalue weighted by atomic mass is 10.1. The highest BCUT2D eigenvalue weighted by Crippen LogP contribution is 2.12. The molecular weight excluding hydrogens is 416 g/mol. The molecular formula is C25H28N6O2. The van der Waals surface area contributed by atoms with E-state index in [-0.39, 0.29) is 22.5 Å². The predicted molar refractivity (Wildman–Crippen MR) is 127 cm³/mol. The lowest BCUT2D eigenvalue weighted by Crippen LogP contribution is -2.35. The van der Waals surface area contributed by atoms with E-state index in [1.165, 1.54) is 23.3 Å². The van der Waals surface area contributed by atoms with E-state index in [1.807, 2.05) is 18.2 Å². The van der Waals surface area contributed by atoms with Gasteiger partial charge in [0.1, 0.15) is 16.8 Å². The van der Waals surface area contributed by atoms with E-state index in [4.69, 9.17) is 5.41 Å². The molecule has 4 rings (SSSR count). The zero-order valence-corrected chi connectivity index (χ0v) is 18.8. The molecule has 4 aromatic rings. The molecule has 4 aromatic heterocycles. The second-order valence-electron chi connectivity index (χ2n) is 8.10. The van der Waals surface area contributed by atoms with E-state index in [1.54, 1.807) is 35.3 Å². The quantitative estimate of drug-likeness (QED) is 0.305. The molecule has 8 nitrogen and oxygen atoms in total. The smallest absolute Gasteiger partial charge is 0.267 e. The Labute approximate surface area is 191 Å². The Morgan fingerprint density at radius 1 is 1.09 bits per heavy atom. The fraction of sp³-hybridized carbons (Fsp3) is 0.320. The number of pyridine rings is 3. The lowest BCUT2D eigenvalue weighted by Gasteiger charge is -2.15. The van der Waals surface area contributed by atoms with Gasteiger partial charge in [0.15, 0.2) is 0 Å². The molecule has 0 fully saturated rings. The first-order valence-corrected chi connectivity index (χ1v) is 11.4. The Bertz CT molecular complexity index is 1390. The number of hydrogen-bond acceptors (Lipinski definition) is 5. The number of amides is 1. The molecule has 0 aromatic carbocycles. The van der Waals surface area contributed by atoms with E-state index < -0.39 is 0 Å². The van der Waals surface area contributed by atoms with E-state index in [9.17, 15) is 9.59 Å². The molecule has 0 radical (unpaired) electrons. The Hall–Kier alpha value is -3.81. The van der Waals surface area contributed by atoms with Crippen LogP contribution in [0, 0.1) is 5.41 Å². The zero-order chi connectivity index (χ0) is 23.2. The summed E-state index contributed by atoms with van der Waals surface area (Å²) in [5.41, 5.74) is 1.68. The van der Waals surface area contributed by atoms with E-state index >= 15 is 0 Å². The van der Waals surface area contributed by atoms with Gasteiger partial charge in [-0.25, -0.2) is 4.98 Å². The molecule has 0 atom stereocenters. The van der Waals surface area contributed by atoms with Crippen molar-refractivity contribution in [3.63, 3.8) is 0 Å². The van der Waals surface area contributed by atoms with Crippen LogP contribution >= 0.6 is 0 Å². The summed E-state index contributed by atoms with van der Waals surface area (Å²) in [6.45, 7) is 3.00. The predicted octanol–water partition coefficient (Wildman–Crippen LogP) is 3.27. The van der Waals surface area contributed by atoms with Crippen molar-refractivity contribution in [3.8, 4) is 0 Å². The van der Waals surface area contributed by atoms with Crippen LogP contribution in [0.1, 0.15) is 54.9 Å². The van der Waals surface area contributed by atoms with Gasteiger partial charge in [0, 0.05) is 25.1 Å². The highest BCUT2D eigenvalue weighted by Gasteiger charge is 2.17. The average molecular weight is 445 g/mol. The van der Waals surface area contributed by atoms with Gasteiger partial charge in [0.25, 0.3) is 11.5 Å². The highest BCUT2D eigenvalue weighted by molar-refractivity contribution is 5.96. The summed E-state index contributed by atoms with van der Waals surface area (Å²) in [6.07, 6.45) is 10.5. The summed E-state index contributed by atoms with van der Waals surface area (Å²) < 4.78 is 3.08. The molecule has 1 amide bonds. The number of hydrogen-bond donors (Lipinski definition) is 2. The number of fused-ring (bicyclic) bond motifs is 2. The molecule has 170 valence electrons. The number of unbranched alkanes of at least 4 members (excludes halogenated alkanes) is 4. The molecule has 0 saturated heterocycles. The van der Waals surface area contributed by atoms with Gasteiger partial charge in [-0.05, 0) is 42.3 Å². The third-order valence-corrected chi connectivity index (χ3v) is 5.72. The van der Waals surface area contributed by atoms with Gasteiger partial charge in [-0.2, -0.15) is 0 Å². The van der Waals surface area contributed by atoms with Crippen molar-refractivity contribution in [2.24, 2.45) is 0 Å². The summed E-state index contributed by atoms with van der Waals surface area (Å²) in [7, 11) is 0. The van der Waals surface area contributed by atoms with Crippen LogP contribution in [0.4, 0.5) is 0 Å². The first kappa shape index (κ1) is 22.4. The average Bonchev–Trinajstić information content (AvgIpc) is 2.84. The largest absolute Gasteiger partial charge is 0.352 e. The lowest BCUT2D eigenvalue weighted by molar-refractivity contribution is 0.0950. The zero-order valence-electron chi connectivity index (χ0n) is 18.8. The van der Waals surface area contributed by atoms with Gasteiger partial charge in [-0.1, -0.05) is 38.7 Å². The molecule has 0 bridgehead atoms. The Morgan fingerprint density at radius 2 is 1.88 bits per heavy atom. The summed E-state index contributed by atoms with van der Waals surface area (Å²) in [5.74, 6) is -0.349. The number of carbonyl (C=O) groups is 1. The first-order valence-electron chi connectivity index (χ1n) is 11.4. The second kappa shape index (κ2) is 10.2. The summed E-state index contributed by atoms with van der Waals surface area (Å²) in [6, 6.07) is 10.5. The second-order valence-corrected chi connectivity index (χ2v) is 8.10. The monoisotopic (exact) mass is 444 g/mol. The number of carbonyl (C=O) groups excluding carboxylic acids is 1. The van der Waals surface area contributed by atoms with Crippen molar-refractivity contribution in [2.45, 2.75) is 45.6 Å². The maximum Gasteiger partial charge on any atom is 0.267 e. The minimum absolute atomic E-state index is 0.0231. The number of nitrogens with zero attached hydrogens (tertiary/aromatic N) is 4. The van der Waals surface area contributed by atoms with Crippen LogP contribution in [-0.4, -0.2) is 31.4 Å². The van der Waals surface area contributed by atoms with Crippen molar-refractivity contribution in [1.82, 2.24) is 24.3 Å². The van der Waals surface area contributed by atoms with Crippen molar-refractivity contribution < 1.29 is 4.79 Å². The van der Waals surface area contributed by atoms with E-state index in [2.05, 4.69) is 22.2 Å².